The normalized spacial score (nSPS) is 16.5. The van der Waals surface area contributed by atoms with Crippen LogP contribution in [-0.4, -0.2) is 62.1 Å². The SMILES string of the molecule is CON=C(C(=O)NC1C(=O)N2C(C(=O)OC(c3ccccc3)c3ccccc3)=C(SCI)SCC12)c1csc(NC(c2ccccc2)(c2ccccc2)c2ccccc2)n1. The van der Waals surface area contributed by atoms with E-state index >= 15 is 0 Å². The molecule has 60 heavy (non-hydrogen) atoms. The number of hydrogen-bond acceptors (Lipinski definition) is 11. The number of rotatable bonds is 15. The monoisotopic (exact) mass is 963 g/mol. The lowest BCUT2D eigenvalue weighted by Crippen LogP contribution is -2.73. The molecule has 2 aliphatic heterocycles. The maximum Gasteiger partial charge on any atom is 0.357 e. The van der Waals surface area contributed by atoms with Gasteiger partial charge >= 0.3 is 5.97 Å². The average Bonchev–Trinajstić information content (AvgIpc) is 3.77. The maximum absolute atomic E-state index is 14.2. The molecule has 2 amide bonds. The molecule has 2 N–H and O–H groups in total. The van der Waals surface area contributed by atoms with Crippen LogP contribution in [0.1, 0.15) is 39.6 Å². The largest absolute Gasteiger partial charge is 0.448 e. The number of nitrogens with zero attached hydrogens (tertiary/aromatic N) is 3. The highest BCUT2D eigenvalue weighted by atomic mass is 127. The standard InChI is InChI=1S/C46H38IN5O5S3/c1-56-51-37(35-27-59-45(48-35)50-46(32-21-11-4-12-22-32,33-23-13-5-14-24-33)34-25-15-6-16-26-34)41(53)49-38-36-28-58-44(60-29-47)39(52(36)42(38)54)43(55)57-40(30-17-7-2-8-18-30)31-19-9-3-10-20-31/h2-27,36,38,40H,28-29H2,1H3,(H,48,50)(H,49,53). The summed E-state index contributed by atoms with van der Waals surface area (Å²) in [6, 6.07) is 48.0. The van der Waals surface area contributed by atoms with E-state index in [1.807, 2.05) is 115 Å². The molecule has 1 saturated heterocycles. The number of β-lactam (4-membered cyclic amide) rings is 1. The summed E-state index contributed by atoms with van der Waals surface area (Å²) in [6.45, 7) is 0. The smallest absolute Gasteiger partial charge is 0.357 e. The summed E-state index contributed by atoms with van der Waals surface area (Å²) in [5.74, 6) is -1.20. The number of carbonyl (C=O) groups is 3. The van der Waals surface area contributed by atoms with E-state index < -0.39 is 41.5 Å². The van der Waals surface area contributed by atoms with Crippen LogP contribution in [-0.2, 0) is 29.5 Å². The molecule has 3 heterocycles. The number of hydrogen-bond donors (Lipinski definition) is 2. The fourth-order valence-electron chi connectivity index (χ4n) is 7.45. The Morgan fingerprint density at radius 3 is 1.87 bits per heavy atom. The topological polar surface area (TPSA) is 122 Å². The Hall–Kier alpha value is -5.42. The third kappa shape index (κ3) is 8.33. The number of thiazole rings is 1. The number of fused-ring (bicyclic) bond motifs is 1. The Balaban J connectivity index is 1.04. The van der Waals surface area contributed by atoms with Gasteiger partial charge in [0.1, 0.15) is 24.4 Å². The van der Waals surface area contributed by atoms with E-state index in [1.54, 1.807) is 5.38 Å². The number of amides is 2. The van der Waals surface area contributed by atoms with Crippen molar-refractivity contribution in [3.05, 3.63) is 200 Å². The highest BCUT2D eigenvalue weighted by Crippen LogP contribution is 2.46. The number of halogens is 1. The van der Waals surface area contributed by atoms with Crippen molar-refractivity contribution in [3.63, 3.8) is 0 Å². The molecular weight excluding hydrogens is 926 g/mol. The summed E-state index contributed by atoms with van der Waals surface area (Å²) < 4.78 is 7.61. The van der Waals surface area contributed by atoms with Crippen LogP contribution in [0.25, 0.3) is 0 Å². The van der Waals surface area contributed by atoms with Crippen molar-refractivity contribution in [2.24, 2.45) is 5.16 Å². The van der Waals surface area contributed by atoms with Crippen molar-refractivity contribution in [2.75, 3.05) is 21.9 Å². The summed E-state index contributed by atoms with van der Waals surface area (Å²) in [7, 11) is 1.35. The molecule has 0 radical (unpaired) electrons. The van der Waals surface area contributed by atoms with E-state index in [0.29, 0.717) is 18.9 Å². The van der Waals surface area contributed by atoms with Gasteiger partial charge in [-0.15, -0.1) is 34.9 Å². The van der Waals surface area contributed by atoms with Gasteiger partial charge in [0, 0.05) is 11.1 Å². The first-order valence-corrected chi connectivity index (χ1v) is 23.3. The predicted octanol–water partition coefficient (Wildman–Crippen LogP) is 8.97. The Labute approximate surface area is 374 Å². The fourth-order valence-corrected chi connectivity index (χ4v) is 11.9. The van der Waals surface area contributed by atoms with E-state index in [2.05, 4.69) is 74.8 Å². The van der Waals surface area contributed by atoms with Gasteiger partial charge < -0.3 is 20.2 Å². The number of esters is 1. The minimum atomic E-state index is -0.918. The second-order valence-corrected chi connectivity index (χ2v) is 18.6. The number of aromatic nitrogens is 1. The molecule has 6 aromatic rings. The fraction of sp³-hybridized carbons (Fsp3) is 0.152. The van der Waals surface area contributed by atoms with E-state index in [1.165, 1.54) is 46.9 Å². The van der Waals surface area contributed by atoms with Crippen molar-refractivity contribution in [3.8, 4) is 0 Å². The van der Waals surface area contributed by atoms with Gasteiger partial charge in [-0.1, -0.05) is 179 Å². The number of anilines is 1. The molecule has 1 fully saturated rings. The third-order valence-electron chi connectivity index (χ3n) is 10.2. The zero-order valence-electron chi connectivity index (χ0n) is 32.1. The minimum Gasteiger partial charge on any atom is -0.448 e. The molecule has 2 atom stereocenters. The molecule has 1 aromatic heterocycles. The van der Waals surface area contributed by atoms with Crippen molar-refractivity contribution >= 4 is 86.1 Å². The molecule has 0 spiro atoms. The van der Waals surface area contributed by atoms with Crippen LogP contribution in [0.4, 0.5) is 5.13 Å². The Kier molecular flexibility index (Phi) is 13.0. The van der Waals surface area contributed by atoms with Crippen LogP contribution in [0.3, 0.4) is 0 Å². The number of oxime groups is 1. The lowest BCUT2D eigenvalue weighted by molar-refractivity contribution is -0.156. The second kappa shape index (κ2) is 18.9. The zero-order chi connectivity index (χ0) is 41.5. The number of ether oxygens (including phenoxy) is 1. The summed E-state index contributed by atoms with van der Waals surface area (Å²) in [5, 5.41) is 13.0. The summed E-state index contributed by atoms with van der Waals surface area (Å²) in [6.07, 6.45) is -0.695. The average molecular weight is 964 g/mol. The number of thioether (sulfide) groups is 2. The van der Waals surface area contributed by atoms with Crippen LogP contribution < -0.4 is 10.6 Å². The number of benzene rings is 5. The summed E-state index contributed by atoms with van der Waals surface area (Å²) in [5.41, 5.74) is 4.11. The number of alkyl halides is 1. The van der Waals surface area contributed by atoms with Gasteiger partial charge in [-0.3, -0.25) is 14.5 Å². The van der Waals surface area contributed by atoms with Crippen molar-refractivity contribution in [1.29, 1.82) is 0 Å². The Morgan fingerprint density at radius 1 is 0.850 bits per heavy atom. The molecule has 2 unspecified atom stereocenters. The number of carbonyl (C=O) groups excluding carboxylic acids is 3. The molecule has 8 rings (SSSR count). The lowest BCUT2D eigenvalue weighted by atomic mass is 9.77. The van der Waals surface area contributed by atoms with Gasteiger partial charge in [-0.2, -0.15) is 0 Å². The second-order valence-electron chi connectivity index (χ2n) is 13.7. The first kappa shape index (κ1) is 41.3. The lowest BCUT2D eigenvalue weighted by Gasteiger charge is -2.49. The summed E-state index contributed by atoms with van der Waals surface area (Å²) in [4.78, 5) is 53.9. The Morgan fingerprint density at radius 2 is 1.37 bits per heavy atom. The molecule has 2 aliphatic rings. The predicted molar refractivity (Wildman–Crippen MR) is 248 cm³/mol. The van der Waals surface area contributed by atoms with E-state index in [9.17, 15) is 14.4 Å². The van der Waals surface area contributed by atoms with Crippen molar-refractivity contribution in [2.45, 2.75) is 23.7 Å². The maximum atomic E-state index is 14.2. The zero-order valence-corrected chi connectivity index (χ0v) is 36.7. The van der Waals surface area contributed by atoms with Gasteiger partial charge in [0.2, 0.25) is 0 Å². The molecule has 0 aliphatic carbocycles. The molecule has 302 valence electrons. The van der Waals surface area contributed by atoms with Gasteiger partial charge in [-0.25, -0.2) is 9.78 Å². The molecule has 14 heteroatoms. The van der Waals surface area contributed by atoms with Gasteiger partial charge in [0.15, 0.2) is 22.6 Å². The van der Waals surface area contributed by atoms with Crippen LogP contribution in [0.5, 0.6) is 0 Å². The van der Waals surface area contributed by atoms with Gasteiger partial charge in [-0.05, 0) is 27.8 Å². The Bertz CT molecular complexity index is 2370. The first-order chi connectivity index (χ1) is 29.4. The highest BCUT2D eigenvalue weighted by molar-refractivity contribution is 14.1. The van der Waals surface area contributed by atoms with Crippen molar-refractivity contribution in [1.82, 2.24) is 15.2 Å². The number of nitrogens with one attached hydrogen (secondary N) is 2. The van der Waals surface area contributed by atoms with Gasteiger partial charge in [0.05, 0.1) is 14.0 Å². The highest BCUT2D eigenvalue weighted by Gasteiger charge is 2.55. The molecule has 0 saturated carbocycles. The molecule has 10 nitrogen and oxygen atoms in total. The minimum absolute atomic E-state index is 0.0915. The van der Waals surface area contributed by atoms with E-state index in [0.717, 1.165) is 27.8 Å². The van der Waals surface area contributed by atoms with Gasteiger partial charge in [0.25, 0.3) is 11.8 Å². The molecule has 5 aromatic carbocycles. The van der Waals surface area contributed by atoms with Crippen LogP contribution in [0, 0.1) is 0 Å². The van der Waals surface area contributed by atoms with Crippen LogP contribution in [0.15, 0.2) is 172 Å². The first-order valence-electron chi connectivity index (χ1n) is 19.0. The van der Waals surface area contributed by atoms with E-state index in [-0.39, 0.29) is 17.1 Å². The third-order valence-corrected chi connectivity index (χ3v) is 14.1. The van der Waals surface area contributed by atoms with Crippen molar-refractivity contribution < 1.29 is 24.0 Å². The van der Waals surface area contributed by atoms with Crippen LogP contribution >= 0.6 is 57.5 Å². The van der Waals surface area contributed by atoms with Crippen LogP contribution in [0.2, 0.25) is 0 Å². The quantitative estimate of drug-likeness (QED) is 0.0198. The van der Waals surface area contributed by atoms with E-state index in [4.69, 9.17) is 14.6 Å². The molecular formula is C46H38IN5O5S3. The molecule has 0 bridgehead atoms. The summed E-state index contributed by atoms with van der Waals surface area (Å²) >= 11 is 6.50.